The van der Waals surface area contributed by atoms with Crippen molar-refractivity contribution in [2.24, 2.45) is 0 Å². The van der Waals surface area contributed by atoms with Gasteiger partial charge in [0.15, 0.2) is 0 Å². The van der Waals surface area contributed by atoms with E-state index >= 15 is 0 Å². The van der Waals surface area contributed by atoms with E-state index < -0.39 is 6.09 Å². The topological polar surface area (TPSA) is 76.7 Å². The average molecular weight is 306 g/mol. The zero-order valence-electron chi connectivity index (χ0n) is 12.8. The van der Waals surface area contributed by atoms with E-state index in [2.05, 4.69) is 15.4 Å². The number of hydrogen-bond donors (Lipinski definition) is 2. The molecule has 0 heterocycles. The Labute approximate surface area is 130 Å². The highest BCUT2D eigenvalue weighted by atomic mass is 16.5. The average Bonchev–Trinajstić information content (AvgIpc) is 2.55. The van der Waals surface area contributed by atoms with Crippen molar-refractivity contribution in [3.8, 4) is 0 Å². The Morgan fingerprint density at radius 2 is 1.64 bits per heavy atom. The molecule has 0 aromatic heterocycles. The summed E-state index contributed by atoms with van der Waals surface area (Å²) < 4.78 is 10.1. The van der Waals surface area contributed by atoms with Gasteiger partial charge >= 0.3 is 6.09 Å². The van der Waals surface area contributed by atoms with E-state index in [0.29, 0.717) is 11.4 Å². The molecular formula is C16H22N2O4. The van der Waals surface area contributed by atoms with Crippen molar-refractivity contribution in [2.75, 3.05) is 24.4 Å². The van der Waals surface area contributed by atoms with Gasteiger partial charge in [-0.3, -0.25) is 10.1 Å². The molecule has 22 heavy (non-hydrogen) atoms. The molecule has 0 unspecified atom stereocenters. The predicted octanol–water partition coefficient (Wildman–Crippen LogP) is 3.15. The van der Waals surface area contributed by atoms with Crippen molar-refractivity contribution in [2.45, 2.75) is 38.2 Å². The molecule has 1 saturated carbocycles. The predicted molar refractivity (Wildman–Crippen MR) is 83.9 cm³/mol. The molecule has 0 radical (unpaired) electrons. The van der Waals surface area contributed by atoms with Crippen LogP contribution >= 0.6 is 0 Å². The molecule has 120 valence electrons. The van der Waals surface area contributed by atoms with Gasteiger partial charge in [0.05, 0.1) is 13.2 Å². The second-order valence-electron chi connectivity index (χ2n) is 5.31. The highest BCUT2D eigenvalue weighted by Gasteiger charge is 2.15. The van der Waals surface area contributed by atoms with Crippen LogP contribution in [0, 0.1) is 0 Å². The number of rotatable bonds is 5. The monoisotopic (exact) mass is 306 g/mol. The lowest BCUT2D eigenvalue weighted by Gasteiger charge is -2.21. The van der Waals surface area contributed by atoms with Gasteiger partial charge in [-0.2, -0.15) is 0 Å². The molecule has 1 fully saturated rings. The Balaban J connectivity index is 1.75. The van der Waals surface area contributed by atoms with Crippen molar-refractivity contribution in [1.29, 1.82) is 0 Å². The number of carbonyl (C=O) groups excluding carboxylic acids is 2. The maximum absolute atomic E-state index is 11.8. The minimum atomic E-state index is -0.530. The molecule has 0 bridgehead atoms. The van der Waals surface area contributed by atoms with Gasteiger partial charge < -0.3 is 14.8 Å². The summed E-state index contributed by atoms with van der Waals surface area (Å²) in [6, 6.07) is 6.80. The fourth-order valence-corrected chi connectivity index (χ4v) is 2.43. The third-order valence-corrected chi connectivity index (χ3v) is 3.60. The largest absolute Gasteiger partial charge is 0.453 e. The smallest absolute Gasteiger partial charge is 0.411 e. The minimum absolute atomic E-state index is 0.0762. The number of amides is 2. The third kappa shape index (κ3) is 5.37. The number of benzene rings is 1. The summed E-state index contributed by atoms with van der Waals surface area (Å²) in [5, 5.41) is 5.31. The van der Waals surface area contributed by atoms with E-state index in [1.54, 1.807) is 24.3 Å². The van der Waals surface area contributed by atoms with Gasteiger partial charge in [0.1, 0.15) is 6.61 Å². The minimum Gasteiger partial charge on any atom is -0.453 e. The maximum atomic E-state index is 11.8. The SMILES string of the molecule is COC(=O)Nc1ccc(NC(=O)COC2CCCCC2)cc1. The lowest BCUT2D eigenvalue weighted by atomic mass is 9.98. The first-order valence-corrected chi connectivity index (χ1v) is 7.54. The Kier molecular flexibility index (Phi) is 6.21. The Hall–Kier alpha value is -2.08. The molecule has 0 saturated heterocycles. The van der Waals surface area contributed by atoms with Gasteiger partial charge in [-0.1, -0.05) is 19.3 Å². The second-order valence-corrected chi connectivity index (χ2v) is 5.31. The fraction of sp³-hybridized carbons (Fsp3) is 0.500. The molecule has 1 aliphatic rings. The van der Waals surface area contributed by atoms with Crippen LogP contribution in [0.3, 0.4) is 0 Å². The number of anilines is 2. The fourth-order valence-electron chi connectivity index (χ4n) is 2.43. The Morgan fingerprint density at radius 3 is 2.23 bits per heavy atom. The van der Waals surface area contributed by atoms with Crippen LogP contribution in [0.5, 0.6) is 0 Å². The summed E-state index contributed by atoms with van der Waals surface area (Å²) in [7, 11) is 1.30. The van der Waals surface area contributed by atoms with Crippen LogP contribution in [0.2, 0.25) is 0 Å². The molecule has 2 amide bonds. The summed E-state index contributed by atoms with van der Waals surface area (Å²) in [5.41, 5.74) is 1.26. The number of nitrogens with one attached hydrogen (secondary N) is 2. The molecule has 6 nitrogen and oxygen atoms in total. The van der Waals surface area contributed by atoms with Gasteiger partial charge in [-0.25, -0.2) is 4.79 Å². The van der Waals surface area contributed by atoms with Crippen LogP contribution in [-0.4, -0.2) is 31.8 Å². The first-order valence-electron chi connectivity index (χ1n) is 7.54. The van der Waals surface area contributed by atoms with Crippen LogP contribution in [0.15, 0.2) is 24.3 Å². The van der Waals surface area contributed by atoms with Crippen molar-refractivity contribution < 1.29 is 19.1 Å². The Bertz CT molecular complexity index is 495. The lowest BCUT2D eigenvalue weighted by Crippen LogP contribution is -2.24. The number of methoxy groups -OCH3 is 1. The highest BCUT2D eigenvalue weighted by Crippen LogP contribution is 2.20. The van der Waals surface area contributed by atoms with Crippen molar-refractivity contribution in [3.63, 3.8) is 0 Å². The molecule has 0 aliphatic heterocycles. The molecular weight excluding hydrogens is 284 g/mol. The molecule has 2 rings (SSSR count). The third-order valence-electron chi connectivity index (χ3n) is 3.60. The molecule has 1 aliphatic carbocycles. The van der Waals surface area contributed by atoms with Gasteiger partial charge in [0, 0.05) is 11.4 Å². The zero-order chi connectivity index (χ0) is 15.8. The number of ether oxygens (including phenoxy) is 2. The van der Waals surface area contributed by atoms with Crippen LogP contribution < -0.4 is 10.6 Å². The normalized spacial score (nSPS) is 15.1. The lowest BCUT2D eigenvalue weighted by molar-refractivity contribution is -0.123. The van der Waals surface area contributed by atoms with Crippen molar-refractivity contribution >= 4 is 23.4 Å². The summed E-state index contributed by atoms with van der Waals surface area (Å²) in [6.07, 6.45) is 5.39. The van der Waals surface area contributed by atoms with Crippen LogP contribution in [0.25, 0.3) is 0 Å². The first-order chi connectivity index (χ1) is 10.7. The van der Waals surface area contributed by atoms with E-state index in [1.807, 2.05) is 0 Å². The molecule has 0 atom stereocenters. The van der Waals surface area contributed by atoms with E-state index in [-0.39, 0.29) is 18.6 Å². The van der Waals surface area contributed by atoms with Crippen LogP contribution in [0.1, 0.15) is 32.1 Å². The summed E-state index contributed by atoms with van der Waals surface area (Å²) in [4.78, 5) is 22.9. The molecule has 1 aromatic rings. The summed E-state index contributed by atoms with van der Waals surface area (Å²) in [5.74, 6) is -0.167. The molecule has 0 spiro atoms. The number of carbonyl (C=O) groups is 2. The molecule has 1 aromatic carbocycles. The first kappa shape index (κ1) is 16.3. The van der Waals surface area contributed by atoms with Gasteiger partial charge in [-0.05, 0) is 37.1 Å². The number of hydrogen-bond acceptors (Lipinski definition) is 4. The maximum Gasteiger partial charge on any atom is 0.411 e. The van der Waals surface area contributed by atoms with Crippen molar-refractivity contribution in [1.82, 2.24) is 0 Å². The van der Waals surface area contributed by atoms with Crippen molar-refractivity contribution in [3.05, 3.63) is 24.3 Å². The standard InChI is InChI=1S/C16H22N2O4/c1-21-16(20)18-13-9-7-12(8-10-13)17-15(19)11-22-14-5-3-2-4-6-14/h7-10,14H,2-6,11H2,1H3,(H,17,19)(H,18,20). The van der Waals surface area contributed by atoms with E-state index in [0.717, 1.165) is 12.8 Å². The van der Waals surface area contributed by atoms with E-state index in [1.165, 1.54) is 26.4 Å². The van der Waals surface area contributed by atoms with E-state index in [9.17, 15) is 9.59 Å². The quantitative estimate of drug-likeness (QED) is 0.876. The zero-order valence-corrected chi connectivity index (χ0v) is 12.8. The van der Waals surface area contributed by atoms with Gasteiger partial charge in [0.2, 0.25) is 5.91 Å². The van der Waals surface area contributed by atoms with E-state index in [4.69, 9.17) is 4.74 Å². The van der Waals surface area contributed by atoms with Crippen LogP contribution in [0.4, 0.5) is 16.2 Å². The molecule has 6 heteroatoms. The van der Waals surface area contributed by atoms with Gasteiger partial charge in [-0.15, -0.1) is 0 Å². The highest BCUT2D eigenvalue weighted by molar-refractivity contribution is 5.92. The Morgan fingerprint density at radius 1 is 1.05 bits per heavy atom. The summed E-state index contributed by atoms with van der Waals surface area (Å²) in [6.45, 7) is 0.0762. The molecule has 2 N–H and O–H groups in total. The summed E-state index contributed by atoms with van der Waals surface area (Å²) >= 11 is 0. The van der Waals surface area contributed by atoms with Crippen LogP contribution in [-0.2, 0) is 14.3 Å². The van der Waals surface area contributed by atoms with Gasteiger partial charge in [0.25, 0.3) is 0 Å². The second kappa shape index (κ2) is 8.38.